The Morgan fingerprint density at radius 3 is 2.43 bits per heavy atom. The number of amides is 1. The molecular formula is C14H11Br2NO3S. The molecule has 0 aliphatic carbocycles. The third kappa shape index (κ3) is 4.39. The summed E-state index contributed by atoms with van der Waals surface area (Å²) in [6, 6.07) is 10.2. The third-order valence-corrected chi connectivity index (χ3v) is 6.01. The summed E-state index contributed by atoms with van der Waals surface area (Å²) < 4.78 is 1.62. The molecule has 0 saturated carbocycles. The molecule has 1 amide bonds. The zero-order valence-electron chi connectivity index (χ0n) is 10.7. The van der Waals surface area contributed by atoms with Gasteiger partial charge >= 0.3 is 5.97 Å². The van der Waals surface area contributed by atoms with Crippen molar-refractivity contribution in [1.82, 2.24) is 5.32 Å². The minimum atomic E-state index is -0.960. The molecule has 1 atom stereocenters. The summed E-state index contributed by atoms with van der Waals surface area (Å²) in [7, 11) is 0. The molecule has 0 radical (unpaired) electrons. The zero-order valence-corrected chi connectivity index (χ0v) is 14.7. The number of halogens is 2. The van der Waals surface area contributed by atoms with Crippen LogP contribution >= 0.6 is 43.2 Å². The predicted octanol–water partition coefficient (Wildman–Crippen LogP) is 4.22. The molecule has 21 heavy (non-hydrogen) atoms. The van der Waals surface area contributed by atoms with E-state index in [0.717, 1.165) is 13.8 Å². The maximum absolute atomic E-state index is 12.2. The van der Waals surface area contributed by atoms with Crippen molar-refractivity contribution in [3.8, 4) is 0 Å². The van der Waals surface area contributed by atoms with Crippen LogP contribution in [-0.4, -0.2) is 17.0 Å². The van der Waals surface area contributed by atoms with Gasteiger partial charge in [-0.15, -0.1) is 11.3 Å². The minimum absolute atomic E-state index is 0.163. The van der Waals surface area contributed by atoms with Crippen LogP contribution in [0.2, 0.25) is 0 Å². The van der Waals surface area contributed by atoms with E-state index in [1.807, 2.05) is 18.2 Å². The van der Waals surface area contributed by atoms with Crippen molar-refractivity contribution < 1.29 is 14.7 Å². The number of hydrogen-bond donors (Lipinski definition) is 2. The van der Waals surface area contributed by atoms with Crippen molar-refractivity contribution >= 4 is 55.1 Å². The van der Waals surface area contributed by atoms with Crippen LogP contribution in [0.15, 0.2) is 44.7 Å². The first kappa shape index (κ1) is 16.2. The maximum atomic E-state index is 12.2. The number of carboxylic acids is 1. The van der Waals surface area contributed by atoms with Crippen molar-refractivity contribution in [1.29, 1.82) is 0 Å². The summed E-state index contributed by atoms with van der Waals surface area (Å²) in [6.45, 7) is 0. The number of carbonyl (C=O) groups excluding carboxylic acids is 1. The molecule has 1 heterocycles. The van der Waals surface area contributed by atoms with E-state index in [-0.39, 0.29) is 12.3 Å². The van der Waals surface area contributed by atoms with E-state index in [1.54, 1.807) is 18.2 Å². The molecule has 0 spiro atoms. The van der Waals surface area contributed by atoms with Crippen LogP contribution in [0.4, 0.5) is 0 Å². The monoisotopic (exact) mass is 431 g/mol. The van der Waals surface area contributed by atoms with Gasteiger partial charge in [-0.1, -0.05) is 30.3 Å². The Hall–Kier alpha value is -1.18. The molecule has 7 heteroatoms. The van der Waals surface area contributed by atoms with Gasteiger partial charge in [-0.3, -0.25) is 9.59 Å². The number of rotatable bonds is 5. The Balaban J connectivity index is 2.19. The van der Waals surface area contributed by atoms with E-state index in [0.29, 0.717) is 4.88 Å². The Morgan fingerprint density at radius 2 is 1.90 bits per heavy atom. The molecule has 0 fully saturated rings. The molecule has 110 valence electrons. The van der Waals surface area contributed by atoms with E-state index in [1.165, 1.54) is 11.3 Å². The Morgan fingerprint density at radius 1 is 1.24 bits per heavy atom. The number of carbonyl (C=O) groups is 2. The number of aliphatic carboxylic acids is 1. The second-order valence-electron chi connectivity index (χ2n) is 4.27. The quantitative estimate of drug-likeness (QED) is 0.743. The number of benzene rings is 1. The van der Waals surface area contributed by atoms with E-state index in [9.17, 15) is 9.59 Å². The van der Waals surface area contributed by atoms with E-state index in [4.69, 9.17) is 5.11 Å². The Labute approximate surface area is 142 Å². The van der Waals surface area contributed by atoms with Crippen LogP contribution in [0.5, 0.6) is 0 Å². The number of hydrogen-bond acceptors (Lipinski definition) is 3. The maximum Gasteiger partial charge on any atom is 0.305 e. The van der Waals surface area contributed by atoms with Gasteiger partial charge in [0, 0.05) is 4.47 Å². The Bertz CT molecular complexity index is 638. The highest BCUT2D eigenvalue weighted by Crippen LogP contribution is 2.32. The van der Waals surface area contributed by atoms with Gasteiger partial charge in [-0.25, -0.2) is 0 Å². The number of nitrogens with one attached hydrogen (secondary N) is 1. The highest BCUT2D eigenvalue weighted by molar-refractivity contribution is 9.13. The fourth-order valence-electron chi connectivity index (χ4n) is 1.80. The number of carboxylic acid groups (broad SMARTS) is 1. The van der Waals surface area contributed by atoms with Crippen molar-refractivity contribution in [2.45, 2.75) is 12.5 Å². The average molecular weight is 433 g/mol. The predicted molar refractivity (Wildman–Crippen MR) is 88.6 cm³/mol. The van der Waals surface area contributed by atoms with Gasteiger partial charge < -0.3 is 10.4 Å². The van der Waals surface area contributed by atoms with Crippen LogP contribution in [0.25, 0.3) is 0 Å². The molecule has 1 aromatic carbocycles. The van der Waals surface area contributed by atoms with Gasteiger partial charge in [0.2, 0.25) is 0 Å². The summed E-state index contributed by atoms with van der Waals surface area (Å²) in [5.74, 6) is -1.25. The molecule has 0 saturated heterocycles. The second kappa shape index (κ2) is 7.20. The molecule has 2 N–H and O–H groups in total. The lowest BCUT2D eigenvalue weighted by molar-refractivity contribution is -0.137. The van der Waals surface area contributed by atoms with Gasteiger partial charge in [0.05, 0.1) is 21.1 Å². The van der Waals surface area contributed by atoms with Crippen molar-refractivity contribution in [2.75, 3.05) is 0 Å². The van der Waals surface area contributed by atoms with Crippen molar-refractivity contribution in [3.05, 3.63) is 55.1 Å². The minimum Gasteiger partial charge on any atom is -0.481 e. The van der Waals surface area contributed by atoms with Gasteiger partial charge in [0.1, 0.15) is 0 Å². The lowest BCUT2D eigenvalue weighted by Gasteiger charge is -2.16. The summed E-state index contributed by atoms with van der Waals surface area (Å²) in [4.78, 5) is 23.7. The normalized spacial score (nSPS) is 11.9. The van der Waals surface area contributed by atoms with E-state index < -0.39 is 12.0 Å². The summed E-state index contributed by atoms with van der Waals surface area (Å²) >= 11 is 7.95. The lowest BCUT2D eigenvalue weighted by Crippen LogP contribution is -2.29. The topological polar surface area (TPSA) is 66.4 Å². The first-order valence-electron chi connectivity index (χ1n) is 6.00. The van der Waals surface area contributed by atoms with Gasteiger partial charge in [0.25, 0.3) is 5.91 Å². The first-order valence-corrected chi connectivity index (χ1v) is 8.40. The Kier molecular flexibility index (Phi) is 5.55. The van der Waals surface area contributed by atoms with Crippen LogP contribution in [0.3, 0.4) is 0 Å². The molecule has 1 aromatic heterocycles. The molecule has 0 bridgehead atoms. The van der Waals surface area contributed by atoms with Crippen molar-refractivity contribution in [2.24, 2.45) is 0 Å². The number of thiophene rings is 1. The van der Waals surface area contributed by atoms with Gasteiger partial charge in [0.15, 0.2) is 0 Å². The standard InChI is InChI=1S/C14H11Br2NO3S/c15-9-6-11(21-13(9)16)14(20)17-10(7-12(18)19)8-4-2-1-3-5-8/h1-6,10H,7H2,(H,17,20)(H,18,19). The zero-order chi connectivity index (χ0) is 15.4. The van der Waals surface area contributed by atoms with Crippen LogP contribution in [0.1, 0.15) is 27.7 Å². The van der Waals surface area contributed by atoms with Gasteiger partial charge in [-0.05, 0) is 43.5 Å². The molecule has 2 aromatic rings. The summed E-state index contributed by atoms with van der Waals surface area (Å²) in [5.41, 5.74) is 0.767. The largest absolute Gasteiger partial charge is 0.481 e. The summed E-state index contributed by atoms with van der Waals surface area (Å²) in [5, 5.41) is 11.8. The van der Waals surface area contributed by atoms with Crippen LogP contribution in [-0.2, 0) is 4.79 Å². The average Bonchev–Trinajstić information content (AvgIpc) is 2.78. The van der Waals surface area contributed by atoms with Crippen molar-refractivity contribution in [3.63, 3.8) is 0 Å². The molecule has 2 rings (SSSR count). The molecule has 4 nitrogen and oxygen atoms in total. The smallest absolute Gasteiger partial charge is 0.305 e. The molecule has 0 aliphatic heterocycles. The van der Waals surface area contributed by atoms with E-state index in [2.05, 4.69) is 37.2 Å². The molecule has 0 aliphatic rings. The molecule has 1 unspecified atom stereocenters. The summed E-state index contributed by atoms with van der Waals surface area (Å²) in [6.07, 6.45) is -0.163. The molecular weight excluding hydrogens is 422 g/mol. The highest BCUT2D eigenvalue weighted by atomic mass is 79.9. The second-order valence-corrected chi connectivity index (χ2v) is 7.49. The third-order valence-electron chi connectivity index (χ3n) is 2.75. The fourth-order valence-corrected chi connectivity index (χ4v) is 3.74. The van der Waals surface area contributed by atoms with E-state index >= 15 is 0 Å². The first-order chi connectivity index (χ1) is 9.97. The lowest BCUT2D eigenvalue weighted by atomic mass is 10.0. The SMILES string of the molecule is O=C(O)CC(NC(=O)c1cc(Br)c(Br)s1)c1ccccc1. The highest BCUT2D eigenvalue weighted by Gasteiger charge is 2.20. The van der Waals surface area contributed by atoms with Crippen LogP contribution in [0, 0.1) is 0 Å². The van der Waals surface area contributed by atoms with Gasteiger partial charge in [-0.2, -0.15) is 0 Å². The fraction of sp³-hybridized carbons (Fsp3) is 0.143. The van der Waals surface area contributed by atoms with Crippen LogP contribution < -0.4 is 5.32 Å².